The van der Waals surface area contributed by atoms with E-state index in [0.717, 1.165) is 17.8 Å². The molecule has 1 aliphatic rings. The maximum atomic E-state index is 13.4. The molecule has 1 aliphatic carbocycles. The first kappa shape index (κ1) is 11.2. The van der Waals surface area contributed by atoms with Gasteiger partial charge in [-0.3, -0.25) is 4.99 Å². The minimum atomic E-state index is -0.266. The molecule has 0 bridgehead atoms. The van der Waals surface area contributed by atoms with E-state index in [4.69, 9.17) is 0 Å². The quantitative estimate of drug-likeness (QED) is 0.614. The van der Waals surface area contributed by atoms with Gasteiger partial charge in [-0.25, -0.2) is 4.39 Å². The van der Waals surface area contributed by atoms with Gasteiger partial charge in [0, 0.05) is 18.2 Å². The molecule has 0 fully saturated rings. The molecule has 0 saturated heterocycles. The number of hydrogen-bond acceptors (Lipinski definition) is 4. The van der Waals surface area contributed by atoms with Crippen LogP contribution in [-0.4, -0.2) is 15.0 Å². The minimum Gasteiger partial charge on any atom is -0.278 e. The molecule has 1 aromatic carbocycles. The Bertz CT molecular complexity index is 618. The van der Waals surface area contributed by atoms with Crippen LogP contribution in [0.2, 0.25) is 0 Å². The number of fused-ring (bicyclic) bond motifs is 1. The van der Waals surface area contributed by atoms with Gasteiger partial charge in [0.2, 0.25) is 0 Å². The van der Waals surface area contributed by atoms with Gasteiger partial charge in [0.1, 0.15) is 17.6 Å². The molecule has 0 N–H and O–H groups in total. The largest absolute Gasteiger partial charge is 0.278 e. The lowest BCUT2D eigenvalue weighted by Gasteiger charge is -2.10. The highest BCUT2D eigenvalue weighted by atomic mass is 32.1. The lowest BCUT2D eigenvalue weighted by molar-refractivity contribution is 0.625. The molecular formula is C13H10FN3S. The summed E-state index contributed by atoms with van der Waals surface area (Å²) >= 11 is 1.20. The third kappa shape index (κ3) is 2.09. The summed E-state index contributed by atoms with van der Waals surface area (Å²) < 4.78 is 21.9. The predicted octanol–water partition coefficient (Wildman–Crippen LogP) is 2.95. The number of rotatable bonds is 2. The second kappa shape index (κ2) is 4.78. The average Bonchev–Trinajstić information content (AvgIpc) is 2.86. The highest BCUT2D eigenvalue weighted by Gasteiger charge is 2.18. The number of halogens is 1. The van der Waals surface area contributed by atoms with Crippen molar-refractivity contribution >= 4 is 17.9 Å². The number of allylic oxidation sites excluding steroid dienone is 1. The van der Waals surface area contributed by atoms with Crippen molar-refractivity contribution in [1.29, 1.82) is 0 Å². The van der Waals surface area contributed by atoms with Crippen molar-refractivity contribution in [3.05, 3.63) is 59.2 Å². The Kier molecular flexibility index (Phi) is 2.98. The molecule has 2 aromatic rings. The number of hydrogen-bond donors (Lipinski definition) is 0. The van der Waals surface area contributed by atoms with Crippen LogP contribution in [0.4, 0.5) is 4.39 Å². The fourth-order valence-corrected chi connectivity index (χ4v) is 2.45. The zero-order valence-electron chi connectivity index (χ0n) is 9.45. The van der Waals surface area contributed by atoms with Crippen LogP contribution in [0.25, 0.3) is 0 Å². The number of nitrogens with zero attached hydrogens (tertiary/aromatic N) is 3. The Morgan fingerprint density at radius 3 is 3.11 bits per heavy atom. The van der Waals surface area contributed by atoms with E-state index in [0.29, 0.717) is 5.56 Å². The van der Waals surface area contributed by atoms with Crippen LogP contribution in [0.15, 0.2) is 41.4 Å². The molecule has 0 saturated carbocycles. The smallest absolute Gasteiger partial charge is 0.131 e. The fraction of sp³-hybridized carbons (Fsp3) is 0.154. The zero-order chi connectivity index (χ0) is 12.4. The SMILES string of the molecule is Fc1ccccc1C=N[C@@H]1C=CCc2nsnc21. The summed E-state index contributed by atoms with van der Waals surface area (Å²) in [6.45, 7) is 0. The lowest BCUT2D eigenvalue weighted by atomic mass is 10.0. The Hall–Kier alpha value is -1.88. The van der Waals surface area contributed by atoms with Gasteiger partial charge in [0.05, 0.1) is 17.4 Å². The van der Waals surface area contributed by atoms with Crippen LogP contribution in [0.3, 0.4) is 0 Å². The molecular weight excluding hydrogens is 249 g/mol. The lowest BCUT2D eigenvalue weighted by Crippen LogP contribution is -2.03. The van der Waals surface area contributed by atoms with Gasteiger partial charge in [-0.2, -0.15) is 8.75 Å². The molecule has 0 unspecified atom stereocenters. The first-order valence-electron chi connectivity index (χ1n) is 5.60. The Morgan fingerprint density at radius 2 is 2.22 bits per heavy atom. The fourth-order valence-electron chi connectivity index (χ4n) is 1.84. The van der Waals surface area contributed by atoms with Crippen LogP contribution in [0, 0.1) is 5.82 Å². The van der Waals surface area contributed by atoms with E-state index in [9.17, 15) is 4.39 Å². The van der Waals surface area contributed by atoms with Gasteiger partial charge in [-0.1, -0.05) is 30.4 Å². The Labute approximate surface area is 108 Å². The number of aromatic nitrogens is 2. The van der Waals surface area contributed by atoms with Gasteiger partial charge in [0.25, 0.3) is 0 Å². The molecule has 0 amide bonds. The third-order valence-corrected chi connectivity index (χ3v) is 3.36. The van der Waals surface area contributed by atoms with E-state index < -0.39 is 0 Å². The molecule has 90 valence electrons. The highest BCUT2D eigenvalue weighted by molar-refractivity contribution is 6.99. The standard InChI is InChI=1S/C13H10FN3S/c14-10-5-2-1-4-9(10)8-15-11-6-3-7-12-13(11)17-18-16-12/h1-6,8,11H,7H2/t11-/m1/s1. The van der Waals surface area contributed by atoms with Gasteiger partial charge in [-0.15, -0.1) is 0 Å². The third-order valence-electron chi connectivity index (χ3n) is 2.78. The summed E-state index contributed by atoms with van der Waals surface area (Å²) in [6, 6.07) is 6.43. The first-order valence-corrected chi connectivity index (χ1v) is 6.33. The number of aliphatic imine (C=N–C) groups is 1. The molecule has 1 atom stereocenters. The zero-order valence-corrected chi connectivity index (χ0v) is 10.3. The van der Waals surface area contributed by atoms with Crippen molar-refractivity contribution in [1.82, 2.24) is 8.75 Å². The van der Waals surface area contributed by atoms with Gasteiger partial charge < -0.3 is 0 Å². The van der Waals surface area contributed by atoms with Crippen molar-refractivity contribution < 1.29 is 4.39 Å². The van der Waals surface area contributed by atoms with E-state index in [1.54, 1.807) is 24.4 Å². The van der Waals surface area contributed by atoms with Crippen molar-refractivity contribution in [2.24, 2.45) is 4.99 Å². The van der Waals surface area contributed by atoms with Crippen molar-refractivity contribution in [3.8, 4) is 0 Å². The normalized spacial score (nSPS) is 18.2. The van der Waals surface area contributed by atoms with Crippen LogP contribution in [-0.2, 0) is 6.42 Å². The maximum Gasteiger partial charge on any atom is 0.131 e. The molecule has 0 spiro atoms. The van der Waals surface area contributed by atoms with E-state index in [-0.39, 0.29) is 11.9 Å². The van der Waals surface area contributed by atoms with Crippen LogP contribution < -0.4 is 0 Å². The predicted molar refractivity (Wildman–Crippen MR) is 69.5 cm³/mol. The van der Waals surface area contributed by atoms with Gasteiger partial charge in [-0.05, 0) is 6.07 Å². The Morgan fingerprint density at radius 1 is 1.33 bits per heavy atom. The van der Waals surface area contributed by atoms with Crippen LogP contribution in [0.1, 0.15) is 23.0 Å². The molecule has 3 rings (SSSR count). The summed E-state index contributed by atoms with van der Waals surface area (Å²) in [5, 5.41) is 0. The van der Waals surface area contributed by atoms with E-state index in [1.165, 1.54) is 17.8 Å². The molecule has 18 heavy (non-hydrogen) atoms. The van der Waals surface area contributed by atoms with Crippen molar-refractivity contribution in [3.63, 3.8) is 0 Å². The van der Waals surface area contributed by atoms with Gasteiger partial charge in [0.15, 0.2) is 0 Å². The second-order valence-electron chi connectivity index (χ2n) is 3.97. The Balaban J connectivity index is 1.88. The maximum absolute atomic E-state index is 13.4. The van der Waals surface area contributed by atoms with E-state index in [1.807, 2.05) is 12.2 Å². The van der Waals surface area contributed by atoms with Crippen LogP contribution >= 0.6 is 11.7 Å². The molecule has 0 radical (unpaired) electrons. The summed E-state index contributed by atoms with van der Waals surface area (Å²) in [6.07, 6.45) is 6.35. The van der Waals surface area contributed by atoms with Crippen LogP contribution in [0.5, 0.6) is 0 Å². The first-order chi connectivity index (χ1) is 8.84. The monoisotopic (exact) mass is 259 g/mol. The molecule has 1 heterocycles. The molecule has 0 aliphatic heterocycles. The number of benzene rings is 1. The molecule has 5 heteroatoms. The summed E-state index contributed by atoms with van der Waals surface area (Å²) in [7, 11) is 0. The van der Waals surface area contributed by atoms with E-state index >= 15 is 0 Å². The summed E-state index contributed by atoms with van der Waals surface area (Å²) in [5.74, 6) is -0.266. The summed E-state index contributed by atoms with van der Waals surface area (Å²) in [5.41, 5.74) is 2.34. The highest BCUT2D eigenvalue weighted by Crippen LogP contribution is 2.26. The van der Waals surface area contributed by atoms with Crippen molar-refractivity contribution in [2.75, 3.05) is 0 Å². The average molecular weight is 259 g/mol. The molecule has 1 aromatic heterocycles. The topological polar surface area (TPSA) is 38.1 Å². The van der Waals surface area contributed by atoms with Gasteiger partial charge >= 0.3 is 0 Å². The molecule has 3 nitrogen and oxygen atoms in total. The van der Waals surface area contributed by atoms with E-state index in [2.05, 4.69) is 13.7 Å². The van der Waals surface area contributed by atoms with Crippen molar-refractivity contribution in [2.45, 2.75) is 12.5 Å². The second-order valence-corrected chi connectivity index (χ2v) is 4.50. The minimum absolute atomic E-state index is 0.146. The summed E-state index contributed by atoms with van der Waals surface area (Å²) in [4.78, 5) is 4.38.